The van der Waals surface area contributed by atoms with Crippen LogP contribution in [0.4, 0.5) is 0 Å². The number of nitrogens with two attached hydrogens (primary N) is 1. The summed E-state index contributed by atoms with van der Waals surface area (Å²) in [5.74, 6) is 0.954. The Hall–Kier alpha value is -0.520. The number of halogens is 1. The third-order valence-electron chi connectivity index (χ3n) is 1.78. The summed E-state index contributed by atoms with van der Waals surface area (Å²) < 4.78 is 5.97. The van der Waals surface area contributed by atoms with E-state index in [1.54, 1.807) is 18.9 Å². The van der Waals surface area contributed by atoms with Crippen molar-refractivity contribution in [1.82, 2.24) is 0 Å². The van der Waals surface area contributed by atoms with Gasteiger partial charge in [0.05, 0.1) is 6.61 Å². The molecule has 0 fully saturated rings. The summed E-state index contributed by atoms with van der Waals surface area (Å²) in [6.07, 6.45) is 0. The van der Waals surface area contributed by atoms with Gasteiger partial charge in [-0.15, -0.1) is 11.8 Å². The van der Waals surface area contributed by atoms with E-state index in [-0.39, 0.29) is 5.84 Å². The van der Waals surface area contributed by atoms with E-state index >= 15 is 0 Å². The summed E-state index contributed by atoms with van der Waals surface area (Å²) in [7, 11) is 1.67. The Morgan fingerprint density at radius 1 is 1.60 bits per heavy atom. The fourth-order valence-corrected chi connectivity index (χ4v) is 2.60. The van der Waals surface area contributed by atoms with E-state index in [9.17, 15) is 0 Å². The summed E-state index contributed by atoms with van der Waals surface area (Å²) in [6, 6.07) is 5.70. The molecule has 15 heavy (non-hydrogen) atoms. The highest BCUT2D eigenvalue weighted by molar-refractivity contribution is 9.10. The number of ether oxygens (including phenoxy) is 1. The molecule has 0 amide bonds. The van der Waals surface area contributed by atoms with Crippen molar-refractivity contribution in [3.63, 3.8) is 0 Å². The second-order valence-electron chi connectivity index (χ2n) is 2.90. The maximum atomic E-state index is 7.44. The zero-order valence-electron chi connectivity index (χ0n) is 8.42. The number of methoxy groups -OCH3 is 1. The molecule has 0 heterocycles. The van der Waals surface area contributed by atoms with E-state index in [1.807, 2.05) is 18.2 Å². The summed E-state index contributed by atoms with van der Waals surface area (Å²) in [6.45, 7) is 0.689. The Morgan fingerprint density at radius 3 is 2.93 bits per heavy atom. The lowest BCUT2D eigenvalue weighted by Gasteiger charge is -2.08. The van der Waals surface area contributed by atoms with Gasteiger partial charge < -0.3 is 10.5 Å². The summed E-state index contributed by atoms with van der Waals surface area (Å²) >= 11 is 5.04. The molecule has 0 spiro atoms. The molecule has 5 heteroatoms. The minimum atomic E-state index is 0.0995. The molecule has 82 valence electrons. The molecule has 0 radical (unpaired) electrons. The van der Waals surface area contributed by atoms with Crippen molar-refractivity contribution in [3.8, 4) is 0 Å². The smallest absolute Gasteiger partial charge is 0.123 e. The SMILES string of the molecule is COCCSc1cc(Br)ccc1C(=N)N. The van der Waals surface area contributed by atoms with Crippen LogP contribution in [-0.4, -0.2) is 25.3 Å². The molecule has 0 aromatic heterocycles. The van der Waals surface area contributed by atoms with Crippen molar-refractivity contribution in [1.29, 1.82) is 5.41 Å². The summed E-state index contributed by atoms with van der Waals surface area (Å²) in [5.41, 5.74) is 6.27. The summed E-state index contributed by atoms with van der Waals surface area (Å²) in [4.78, 5) is 1.01. The molecule has 0 saturated heterocycles. The Balaban J connectivity index is 2.82. The summed E-state index contributed by atoms with van der Waals surface area (Å²) in [5, 5.41) is 7.44. The van der Waals surface area contributed by atoms with Gasteiger partial charge in [0.25, 0.3) is 0 Å². The number of hydrogen-bond donors (Lipinski definition) is 2. The average molecular weight is 289 g/mol. The van der Waals surface area contributed by atoms with Gasteiger partial charge in [0, 0.05) is 27.8 Å². The number of rotatable bonds is 5. The first kappa shape index (κ1) is 12.5. The van der Waals surface area contributed by atoms with Crippen LogP contribution in [0.15, 0.2) is 27.6 Å². The third-order valence-corrected chi connectivity index (χ3v) is 3.29. The standard InChI is InChI=1S/C10H13BrN2OS/c1-14-4-5-15-9-6-7(11)2-3-8(9)10(12)13/h2-3,6H,4-5H2,1H3,(H3,12,13). The highest BCUT2D eigenvalue weighted by Gasteiger charge is 2.06. The molecule has 1 aromatic rings. The molecule has 3 N–H and O–H groups in total. The lowest BCUT2D eigenvalue weighted by Crippen LogP contribution is -2.12. The first-order valence-corrected chi connectivity index (χ1v) is 6.18. The first-order chi connectivity index (χ1) is 7.15. The molecule has 0 aliphatic heterocycles. The van der Waals surface area contributed by atoms with Gasteiger partial charge in [-0.1, -0.05) is 15.9 Å². The van der Waals surface area contributed by atoms with Crippen LogP contribution in [0.5, 0.6) is 0 Å². The van der Waals surface area contributed by atoms with Gasteiger partial charge in [0.2, 0.25) is 0 Å². The van der Waals surface area contributed by atoms with Crippen LogP contribution in [0.2, 0.25) is 0 Å². The molecule has 0 atom stereocenters. The normalized spacial score (nSPS) is 10.3. The van der Waals surface area contributed by atoms with Crippen molar-refractivity contribution in [2.24, 2.45) is 5.73 Å². The predicted octanol–water partition coefficient (Wildman–Crippen LogP) is 2.47. The minimum absolute atomic E-state index is 0.0995. The van der Waals surface area contributed by atoms with Gasteiger partial charge in [-0.05, 0) is 18.2 Å². The topological polar surface area (TPSA) is 59.1 Å². The molecule has 1 aromatic carbocycles. The van der Waals surface area contributed by atoms with Crippen LogP contribution in [0, 0.1) is 5.41 Å². The molecule has 3 nitrogen and oxygen atoms in total. The van der Waals surface area contributed by atoms with E-state index < -0.39 is 0 Å². The van der Waals surface area contributed by atoms with Crippen LogP contribution in [0.1, 0.15) is 5.56 Å². The predicted molar refractivity (Wildman–Crippen MR) is 67.8 cm³/mol. The van der Waals surface area contributed by atoms with E-state index in [2.05, 4.69) is 15.9 Å². The number of nitrogens with one attached hydrogen (secondary N) is 1. The highest BCUT2D eigenvalue weighted by Crippen LogP contribution is 2.26. The lowest BCUT2D eigenvalue weighted by atomic mass is 10.2. The van der Waals surface area contributed by atoms with Crippen LogP contribution < -0.4 is 5.73 Å². The van der Waals surface area contributed by atoms with Crippen molar-refractivity contribution >= 4 is 33.5 Å². The monoisotopic (exact) mass is 288 g/mol. The fourth-order valence-electron chi connectivity index (χ4n) is 1.07. The molecule has 0 unspecified atom stereocenters. The second kappa shape index (κ2) is 6.15. The quantitative estimate of drug-likeness (QED) is 0.379. The van der Waals surface area contributed by atoms with E-state index in [1.165, 1.54) is 0 Å². The Bertz CT molecular complexity index is 357. The average Bonchev–Trinajstić information content (AvgIpc) is 2.18. The van der Waals surface area contributed by atoms with Crippen LogP contribution >= 0.6 is 27.7 Å². The van der Waals surface area contributed by atoms with E-state index in [4.69, 9.17) is 15.9 Å². The maximum absolute atomic E-state index is 7.44. The van der Waals surface area contributed by atoms with E-state index in [0.29, 0.717) is 6.61 Å². The highest BCUT2D eigenvalue weighted by atomic mass is 79.9. The Kier molecular flexibility index (Phi) is 5.14. The first-order valence-electron chi connectivity index (χ1n) is 4.41. The number of hydrogen-bond acceptors (Lipinski definition) is 3. The molecule has 0 bridgehead atoms. The number of benzene rings is 1. The molecular weight excluding hydrogens is 276 g/mol. The fraction of sp³-hybridized carbons (Fsp3) is 0.300. The lowest BCUT2D eigenvalue weighted by molar-refractivity contribution is 0.218. The van der Waals surface area contributed by atoms with Crippen molar-refractivity contribution in [2.75, 3.05) is 19.5 Å². The molecule has 0 saturated carbocycles. The van der Waals surface area contributed by atoms with Gasteiger partial charge >= 0.3 is 0 Å². The third kappa shape index (κ3) is 3.85. The van der Waals surface area contributed by atoms with Crippen molar-refractivity contribution in [2.45, 2.75) is 4.90 Å². The zero-order valence-corrected chi connectivity index (χ0v) is 10.8. The molecule has 0 aliphatic carbocycles. The second-order valence-corrected chi connectivity index (χ2v) is 4.95. The Morgan fingerprint density at radius 2 is 2.33 bits per heavy atom. The molecule has 0 aliphatic rings. The van der Waals surface area contributed by atoms with E-state index in [0.717, 1.165) is 20.7 Å². The zero-order chi connectivity index (χ0) is 11.3. The molecular formula is C10H13BrN2OS. The van der Waals surface area contributed by atoms with Crippen molar-refractivity contribution < 1.29 is 4.74 Å². The number of nitrogen functional groups attached to an aromatic ring is 1. The molecule has 1 rings (SSSR count). The van der Waals surface area contributed by atoms with Crippen LogP contribution in [0.25, 0.3) is 0 Å². The van der Waals surface area contributed by atoms with Gasteiger partial charge in [0.1, 0.15) is 5.84 Å². The largest absolute Gasteiger partial charge is 0.384 e. The van der Waals surface area contributed by atoms with Crippen LogP contribution in [0.3, 0.4) is 0 Å². The van der Waals surface area contributed by atoms with Gasteiger partial charge in [0.15, 0.2) is 0 Å². The van der Waals surface area contributed by atoms with Gasteiger partial charge in [-0.3, -0.25) is 5.41 Å². The Labute approximate surface area is 102 Å². The van der Waals surface area contributed by atoms with Gasteiger partial charge in [-0.25, -0.2) is 0 Å². The number of amidine groups is 1. The van der Waals surface area contributed by atoms with Crippen LogP contribution in [-0.2, 0) is 4.74 Å². The maximum Gasteiger partial charge on any atom is 0.123 e. The van der Waals surface area contributed by atoms with Crippen molar-refractivity contribution in [3.05, 3.63) is 28.2 Å². The minimum Gasteiger partial charge on any atom is -0.384 e. The number of thioether (sulfide) groups is 1. The van der Waals surface area contributed by atoms with Gasteiger partial charge in [-0.2, -0.15) is 0 Å².